The van der Waals surface area contributed by atoms with Crippen molar-refractivity contribution >= 4 is 5.97 Å². The molecule has 1 aromatic rings. The molecule has 1 rings (SSSR count). The van der Waals surface area contributed by atoms with Crippen LogP contribution in [0.15, 0.2) is 30.4 Å². The van der Waals surface area contributed by atoms with Gasteiger partial charge < -0.3 is 9.84 Å². The van der Waals surface area contributed by atoms with E-state index in [1.165, 1.54) is 5.56 Å². The first-order valence-electron chi connectivity index (χ1n) is 5.74. The first kappa shape index (κ1) is 14.3. The van der Waals surface area contributed by atoms with Crippen LogP contribution in [0, 0.1) is 6.92 Å². The van der Waals surface area contributed by atoms with E-state index in [1.54, 1.807) is 13.2 Å². The number of methoxy groups -OCH3 is 1. The van der Waals surface area contributed by atoms with Gasteiger partial charge in [0.25, 0.3) is 0 Å². The first-order valence-corrected chi connectivity index (χ1v) is 5.74. The lowest BCUT2D eigenvalue weighted by molar-refractivity contribution is -0.131. The molecule has 0 saturated heterocycles. The first-order chi connectivity index (χ1) is 8.52. The average Bonchev–Trinajstić information content (AvgIpc) is 2.28. The Morgan fingerprint density at radius 1 is 1.50 bits per heavy atom. The van der Waals surface area contributed by atoms with Crippen molar-refractivity contribution in [1.29, 1.82) is 0 Å². The van der Waals surface area contributed by atoms with Crippen LogP contribution >= 0.6 is 0 Å². The lowest BCUT2D eigenvalue weighted by Gasteiger charge is -2.17. The molecule has 98 valence electrons. The minimum atomic E-state index is -0.920. The third kappa shape index (κ3) is 4.59. The summed E-state index contributed by atoms with van der Waals surface area (Å²) in [5, 5.41) is 8.51. The summed E-state index contributed by atoms with van der Waals surface area (Å²) in [7, 11) is 3.59. The number of carboxylic acid groups (broad SMARTS) is 1. The van der Waals surface area contributed by atoms with E-state index in [4.69, 9.17) is 9.84 Å². The largest absolute Gasteiger partial charge is 0.496 e. The molecule has 0 bridgehead atoms. The van der Waals surface area contributed by atoms with Gasteiger partial charge in [0.15, 0.2) is 0 Å². The van der Waals surface area contributed by atoms with Crippen LogP contribution in [0.3, 0.4) is 0 Å². The van der Waals surface area contributed by atoms with E-state index in [0.717, 1.165) is 23.9 Å². The molecule has 0 radical (unpaired) electrons. The van der Waals surface area contributed by atoms with Crippen LogP contribution in [0.5, 0.6) is 5.75 Å². The van der Waals surface area contributed by atoms with E-state index in [-0.39, 0.29) is 0 Å². The number of likely N-dealkylation sites (N-methyl/N-ethyl adjacent to an activating group) is 1. The molecule has 0 saturated carbocycles. The van der Waals surface area contributed by atoms with Gasteiger partial charge in [0.2, 0.25) is 0 Å². The molecule has 0 aliphatic rings. The van der Waals surface area contributed by atoms with E-state index >= 15 is 0 Å². The SMILES string of the molecule is COc1ccc(C)cc1CN(C)C/C=C/C(=O)O. The predicted octanol–water partition coefficient (Wildman–Crippen LogP) is 2.08. The summed E-state index contributed by atoms with van der Waals surface area (Å²) in [6.45, 7) is 3.34. The Hall–Kier alpha value is -1.81. The highest BCUT2D eigenvalue weighted by atomic mass is 16.5. The molecule has 1 aromatic carbocycles. The molecule has 0 unspecified atom stereocenters. The molecule has 4 nitrogen and oxygen atoms in total. The number of rotatable bonds is 6. The fourth-order valence-corrected chi connectivity index (χ4v) is 1.72. The summed E-state index contributed by atoms with van der Waals surface area (Å²) in [6.07, 6.45) is 2.79. The fraction of sp³-hybridized carbons (Fsp3) is 0.357. The van der Waals surface area contributed by atoms with Gasteiger partial charge in [0.1, 0.15) is 5.75 Å². The Balaban J connectivity index is 2.66. The fourth-order valence-electron chi connectivity index (χ4n) is 1.72. The zero-order valence-corrected chi connectivity index (χ0v) is 11.0. The molecular weight excluding hydrogens is 230 g/mol. The molecule has 0 heterocycles. The van der Waals surface area contributed by atoms with Crippen LogP contribution < -0.4 is 4.74 Å². The molecule has 0 spiro atoms. The number of benzene rings is 1. The Labute approximate surface area is 107 Å². The van der Waals surface area contributed by atoms with Gasteiger partial charge in [-0.15, -0.1) is 0 Å². The second kappa shape index (κ2) is 6.81. The van der Waals surface area contributed by atoms with E-state index in [9.17, 15) is 4.79 Å². The van der Waals surface area contributed by atoms with E-state index in [1.807, 2.05) is 31.0 Å². The highest BCUT2D eigenvalue weighted by Crippen LogP contribution is 2.20. The smallest absolute Gasteiger partial charge is 0.328 e. The minimum Gasteiger partial charge on any atom is -0.496 e. The molecule has 0 aromatic heterocycles. The molecular formula is C14H19NO3. The number of carbonyl (C=O) groups is 1. The Kier molecular flexibility index (Phi) is 5.39. The third-order valence-corrected chi connectivity index (χ3v) is 2.55. The van der Waals surface area contributed by atoms with Crippen molar-refractivity contribution in [3.8, 4) is 5.75 Å². The lowest BCUT2D eigenvalue weighted by atomic mass is 10.1. The Morgan fingerprint density at radius 2 is 2.22 bits per heavy atom. The molecule has 0 atom stereocenters. The number of nitrogens with zero attached hydrogens (tertiary/aromatic N) is 1. The van der Waals surface area contributed by atoms with E-state index in [2.05, 4.69) is 6.07 Å². The number of hydrogen-bond acceptors (Lipinski definition) is 3. The highest BCUT2D eigenvalue weighted by molar-refractivity contribution is 5.79. The lowest BCUT2D eigenvalue weighted by Crippen LogP contribution is -2.18. The Morgan fingerprint density at radius 3 is 2.83 bits per heavy atom. The third-order valence-electron chi connectivity index (χ3n) is 2.55. The summed E-state index contributed by atoms with van der Waals surface area (Å²) in [4.78, 5) is 12.4. The standard InChI is InChI=1S/C14H19NO3/c1-11-6-7-13(18-3)12(9-11)10-15(2)8-4-5-14(16)17/h4-7,9H,8,10H2,1-3H3,(H,16,17)/b5-4+. The van der Waals surface area contributed by atoms with E-state index in [0.29, 0.717) is 6.54 Å². The molecule has 0 fully saturated rings. The summed E-state index contributed by atoms with van der Waals surface area (Å²) in [6, 6.07) is 6.04. The van der Waals surface area contributed by atoms with Crippen molar-refractivity contribution in [2.24, 2.45) is 0 Å². The van der Waals surface area contributed by atoms with Crippen molar-refractivity contribution in [2.45, 2.75) is 13.5 Å². The number of hydrogen-bond donors (Lipinski definition) is 1. The van der Waals surface area contributed by atoms with Crippen molar-refractivity contribution in [2.75, 3.05) is 20.7 Å². The van der Waals surface area contributed by atoms with Crippen LogP contribution in [-0.4, -0.2) is 36.7 Å². The summed E-state index contributed by atoms with van der Waals surface area (Å²) in [5.74, 6) is -0.0637. The van der Waals surface area contributed by atoms with Gasteiger partial charge >= 0.3 is 5.97 Å². The average molecular weight is 249 g/mol. The molecule has 0 amide bonds. The zero-order valence-electron chi connectivity index (χ0n) is 11.0. The van der Waals surface area contributed by atoms with Gasteiger partial charge in [-0.05, 0) is 20.0 Å². The van der Waals surface area contributed by atoms with Gasteiger partial charge in [-0.1, -0.05) is 23.8 Å². The van der Waals surface area contributed by atoms with Gasteiger partial charge in [-0.3, -0.25) is 4.90 Å². The van der Waals surface area contributed by atoms with Crippen LogP contribution in [0.4, 0.5) is 0 Å². The second-order valence-electron chi connectivity index (χ2n) is 4.25. The van der Waals surface area contributed by atoms with Gasteiger partial charge in [0, 0.05) is 24.7 Å². The van der Waals surface area contributed by atoms with Crippen LogP contribution in [-0.2, 0) is 11.3 Å². The summed E-state index contributed by atoms with van der Waals surface area (Å²) < 4.78 is 5.31. The number of carboxylic acids is 1. The quantitative estimate of drug-likeness (QED) is 0.784. The molecule has 0 aliphatic heterocycles. The topological polar surface area (TPSA) is 49.8 Å². The molecule has 4 heteroatoms. The maximum Gasteiger partial charge on any atom is 0.328 e. The minimum absolute atomic E-state index is 0.587. The number of aliphatic carboxylic acids is 1. The monoisotopic (exact) mass is 249 g/mol. The highest BCUT2D eigenvalue weighted by Gasteiger charge is 2.05. The van der Waals surface area contributed by atoms with Crippen molar-refractivity contribution < 1.29 is 14.6 Å². The van der Waals surface area contributed by atoms with E-state index < -0.39 is 5.97 Å². The van der Waals surface area contributed by atoms with Crippen molar-refractivity contribution in [1.82, 2.24) is 4.90 Å². The van der Waals surface area contributed by atoms with Crippen LogP contribution in [0.1, 0.15) is 11.1 Å². The molecule has 18 heavy (non-hydrogen) atoms. The van der Waals surface area contributed by atoms with Gasteiger partial charge in [-0.2, -0.15) is 0 Å². The van der Waals surface area contributed by atoms with Crippen molar-refractivity contribution in [3.05, 3.63) is 41.5 Å². The van der Waals surface area contributed by atoms with Gasteiger partial charge in [-0.25, -0.2) is 4.79 Å². The second-order valence-corrected chi connectivity index (χ2v) is 4.25. The maximum absolute atomic E-state index is 10.4. The van der Waals surface area contributed by atoms with Crippen LogP contribution in [0.2, 0.25) is 0 Å². The summed E-state index contributed by atoms with van der Waals surface area (Å²) >= 11 is 0. The zero-order chi connectivity index (χ0) is 13.5. The van der Waals surface area contributed by atoms with Gasteiger partial charge in [0.05, 0.1) is 7.11 Å². The Bertz CT molecular complexity index is 441. The van der Waals surface area contributed by atoms with Crippen LogP contribution in [0.25, 0.3) is 0 Å². The normalized spacial score (nSPS) is 11.1. The van der Waals surface area contributed by atoms with Crippen molar-refractivity contribution in [3.63, 3.8) is 0 Å². The molecule has 0 aliphatic carbocycles. The maximum atomic E-state index is 10.4. The molecule has 1 N–H and O–H groups in total. The summed E-state index contributed by atoms with van der Waals surface area (Å²) in [5.41, 5.74) is 2.28. The number of ether oxygens (including phenoxy) is 1. The predicted molar refractivity (Wildman–Crippen MR) is 70.8 cm³/mol. The number of aryl methyl sites for hydroxylation is 1.